The zero-order valence-corrected chi connectivity index (χ0v) is 12.0. The highest BCUT2D eigenvalue weighted by Gasteiger charge is 2.31. The van der Waals surface area contributed by atoms with Crippen molar-refractivity contribution in [1.82, 2.24) is 10.2 Å². The number of urea groups is 1. The van der Waals surface area contributed by atoms with E-state index in [2.05, 4.69) is 5.32 Å². The van der Waals surface area contributed by atoms with E-state index in [4.69, 9.17) is 5.26 Å². The van der Waals surface area contributed by atoms with Crippen LogP contribution in [0.1, 0.15) is 39.0 Å². The minimum absolute atomic E-state index is 0.0138. The van der Waals surface area contributed by atoms with Crippen LogP contribution in [0.3, 0.4) is 0 Å². The first-order valence-corrected chi connectivity index (χ1v) is 7.22. The second kappa shape index (κ2) is 8.41. The summed E-state index contributed by atoms with van der Waals surface area (Å²) < 4.78 is 0. The number of nitriles is 1. The Morgan fingerprint density at radius 1 is 1.40 bits per heavy atom. The monoisotopic (exact) mass is 281 g/mol. The van der Waals surface area contributed by atoms with E-state index in [1.165, 1.54) is 0 Å². The number of aliphatic carboxylic acids is 1. The maximum absolute atomic E-state index is 12.0. The number of carbonyl (C=O) groups excluding carboxylic acids is 1. The molecule has 1 fully saturated rings. The van der Waals surface area contributed by atoms with Gasteiger partial charge in [0, 0.05) is 19.6 Å². The lowest BCUT2D eigenvalue weighted by Gasteiger charge is -2.29. The number of rotatable bonds is 6. The van der Waals surface area contributed by atoms with Gasteiger partial charge in [0.25, 0.3) is 0 Å². The predicted octanol–water partition coefficient (Wildman–Crippen LogP) is 1.82. The molecule has 1 aliphatic carbocycles. The second-order valence-electron chi connectivity index (χ2n) is 5.16. The summed E-state index contributed by atoms with van der Waals surface area (Å²) in [6, 6.07) is 1.80. The first-order chi connectivity index (χ1) is 9.60. The number of nitrogens with zero attached hydrogens (tertiary/aromatic N) is 2. The molecule has 1 aliphatic rings. The van der Waals surface area contributed by atoms with Crippen LogP contribution >= 0.6 is 0 Å². The number of nitrogens with one attached hydrogen (secondary N) is 1. The van der Waals surface area contributed by atoms with Crippen molar-refractivity contribution in [2.75, 3.05) is 19.6 Å². The molecule has 0 aromatic heterocycles. The highest BCUT2D eigenvalue weighted by Crippen LogP contribution is 2.29. The summed E-state index contributed by atoms with van der Waals surface area (Å²) in [4.78, 5) is 24.7. The van der Waals surface area contributed by atoms with Crippen molar-refractivity contribution < 1.29 is 14.7 Å². The van der Waals surface area contributed by atoms with Crippen LogP contribution in [0.15, 0.2) is 0 Å². The maximum atomic E-state index is 12.0. The van der Waals surface area contributed by atoms with Crippen LogP contribution in [0.5, 0.6) is 0 Å². The Morgan fingerprint density at radius 3 is 2.70 bits per heavy atom. The molecule has 0 aromatic carbocycles. The molecule has 2 amide bonds. The van der Waals surface area contributed by atoms with Crippen molar-refractivity contribution in [3.05, 3.63) is 0 Å². The Bertz CT molecular complexity index is 378. The van der Waals surface area contributed by atoms with Crippen molar-refractivity contribution in [2.24, 2.45) is 11.8 Å². The van der Waals surface area contributed by atoms with E-state index in [1.54, 1.807) is 4.90 Å². The van der Waals surface area contributed by atoms with E-state index >= 15 is 0 Å². The number of carboxylic acids is 1. The van der Waals surface area contributed by atoms with Gasteiger partial charge in [-0.15, -0.1) is 0 Å². The quantitative estimate of drug-likeness (QED) is 0.776. The summed E-state index contributed by atoms with van der Waals surface area (Å²) in [5, 5.41) is 20.5. The molecule has 2 atom stereocenters. The van der Waals surface area contributed by atoms with E-state index in [9.17, 15) is 14.7 Å². The SMILES string of the molecule is CCN(CCC#N)C(=O)NCC1CCCCC1C(=O)O. The number of hydrogen-bond donors (Lipinski definition) is 2. The van der Waals surface area contributed by atoms with Gasteiger partial charge in [-0.1, -0.05) is 12.8 Å². The van der Waals surface area contributed by atoms with Gasteiger partial charge in [-0.2, -0.15) is 5.26 Å². The van der Waals surface area contributed by atoms with Crippen LogP contribution < -0.4 is 5.32 Å². The van der Waals surface area contributed by atoms with E-state index in [0.717, 1.165) is 19.3 Å². The third-order valence-corrected chi connectivity index (χ3v) is 3.90. The van der Waals surface area contributed by atoms with E-state index in [0.29, 0.717) is 32.5 Å². The third-order valence-electron chi connectivity index (χ3n) is 3.90. The Labute approximate surface area is 119 Å². The van der Waals surface area contributed by atoms with E-state index < -0.39 is 5.97 Å². The highest BCUT2D eigenvalue weighted by molar-refractivity contribution is 5.74. The number of amides is 2. The topological polar surface area (TPSA) is 93.4 Å². The Balaban J connectivity index is 2.45. The average Bonchev–Trinajstić information content (AvgIpc) is 2.46. The number of carbonyl (C=O) groups is 2. The molecule has 2 unspecified atom stereocenters. The molecular formula is C14H23N3O3. The summed E-state index contributed by atoms with van der Waals surface area (Å²) >= 11 is 0. The Hall–Kier alpha value is -1.77. The van der Waals surface area contributed by atoms with Crippen LogP contribution in [0.25, 0.3) is 0 Å². The fourth-order valence-corrected chi connectivity index (χ4v) is 2.70. The molecule has 1 rings (SSSR count). The molecule has 112 valence electrons. The van der Waals surface area contributed by atoms with Crippen LogP contribution in [0.2, 0.25) is 0 Å². The van der Waals surface area contributed by atoms with Gasteiger partial charge in [-0.05, 0) is 25.7 Å². The second-order valence-corrected chi connectivity index (χ2v) is 5.16. The van der Waals surface area contributed by atoms with Crippen molar-refractivity contribution in [3.8, 4) is 6.07 Å². The third kappa shape index (κ3) is 4.72. The van der Waals surface area contributed by atoms with Gasteiger partial charge in [0.15, 0.2) is 0 Å². The molecule has 0 spiro atoms. The molecule has 0 bridgehead atoms. The minimum atomic E-state index is -0.763. The molecule has 20 heavy (non-hydrogen) atoms. The summed E-state index contributed by atoms with van der Waals surface area (Å²) in [6.45, 7) is 3.21. The predicted molar refractivity (Wildman–Crippen MR) is 74.0 cm³/mol. The molecule has 1 saturated carbocycles. The number of carboxylic acid groups (broad SMARTS) is 1. The normalized spacial score (nSPS) is 21.8. The molecule has 0 saturated heterocycles. The summed E-state index contributed by atoms with van der Waals surface area (Å²) in [5.41, 5.74) is 0. The van der Waals surface area contributed by atoms with Crippen LogP contribution in [0, 0.1) is 23.2 Å². The lowest BCUT2D eigenvalue weighted by Crippen LogP contribution is -2.44. The van der Waals surface area contributed by atoms with Crippen molar-refractivity contribution >= 4 is 12.0 Å². The minimum Gasteiger partial charge on any atom is -0.481 e. The van der Waals surface area contributed by atoms with Gasteiger partial charge in [0.2, 0.25) is 0 Å². The van der Waals surface area contributed by atoms with Crippen molar-refractivity contribution in [3.63, 3.8) is 0 Å². The summed E-state index contributed by atoms with van der Waals surface area (Å²) in [6.07, 6.45) is 3.83. The molecular weight excluding hydrogens is 258 g/mol. The van der Waals surface area contributed by atoms with Gasteiger partial charge in [-0.25, -0.2) is 4.79 Å². The average molecular weight is 281 g/mol. The van der Waals surface area contributed by atoms with Crippen molar-refractivity contribution in [2.45, 2.75) is 39.0 Å². The van der Waals surface area contributed by atoms with Crippen LogP contribution in [-0.2, 0) is 4.79 Å². The van der Waals surface area contributed by atoms with Crippen LogP contribution in [-0.4, -0.2) is 41.6 Å². The molecule has 0 heterocycles. The molecule has 0 aliphatic heterocycles. The highest BCUT2D eigenvalue weighted by atomic mass is 16.4. The van der Waals surface area contributed by atoms with E-state index in [-0.39, 0.29) is 17.9 Å². The van der Waals surface area contributed by atoms with Crippen LogP contribution in [0.4, 0.5) is 4.79 Å². The number of hydrogen-bond acceptors (Lipinski definition) is 3. The van der Waals surface area contributed by atoms with Gasteiger partial charge in [0.1, 0.15) is 0 Å². The zero-order chi connectivity index (χ0) is 15.0. The standard InChI is InChI=1S/C14H23N3O3/c1-2-17(9-5-8-15)14(20)16-10-11-6-3-4-7-12(11)13(18)19/h11-12H,2-7,9-10H2,1H3,(H,16,20)(H,18,19). The molecule has 6 heteroatoms. The fourth-order valence-electron chi connectivity index (χ4n) is 2.70. The van der Waals surface area contributed by atoms with Gasteiger partial charge in [-0.3, -0.25) is 4.79 Å². The zero-order valence-electron chi connectivity index (χ0n) is 12.0. The molecule has 0 radical (unpaired) electrons. The smallest absolute Gasteiger partial charge is 0.317 e. The Kier molecular flexibility index (Phi) is 6.85. The molecule has 0 aromatic rings. The molecule has 2 N–H and O–H groups in total. The van der Waals surface area contributed by atoms with Crippen molar-refractivity contribution in [1.29, 1.82) is 5.26 Å². The van der Waals surface area contributed by atoms with Gasteiger partial charge in [0.05, 0.1) is 18.4 Å². The van der Waals surface area contributed by atoms with Gasteiger partial charge >= 0.3 is 12.0 Å². The summed E-state index contributed by atoms with van der Waals surface area (Å²) in [5.74, 6) is -1.10. The largest absolute Gasteiger partial charge is 0.481 e. The Morgan fingerprint density at radius 2 is 2.10 bits per heavy atom. The maximum Gasteiger partial charge on any atom is 0.317 e. The fraction of sp³-hybridized carbons (Fsp3) is 0.786. The summed E-state index contributed by atoms with van der Waals surface area (Å²) in [7, 11) is 0. The lowest BCUT2D eigenvalue weighted by atomic mass is 9.79. The van der Waals surface area contributed by atoms with E-state index in [1.807, 2.05) is 13.0 Å². The lowest BCUT2D eigenvalue weighted by molar-refractivity contribution is -0.144. The molecule has 6 nitrogen and oxygen atoms in total. The van der Waals surface area contributed by atoms with Gasteiger partial charge < -0.3 is 15.3 Å². The first-order valence-electron chi connectivity index (χ1n) is 7.22. The first kappa shape index (κ1) is 16.3.